The second kappa shape index (κ2) is 10.7. The topological polar surface area (TPSA) is 108 Å². The second-order valence-corrected chi connectivity index (χ2v) is 8.17. The van der Waals surface area contributed by atoms with Crippen molar-refractivity contribution in [2.24, 2.45) is 0 Å². The lowest BCUT2D eigenvalue weighted by Crippen LogP contribution is -2.31. The van der Waals surface area contributed by atoms with Crippen molar-refractivity contribution in [3.8, 4) is 23.4 Å². The van der Waals surface area contributed by atoms with Crippen LogP contribution in [0.3, 0.4) is 0 Å². The molecule has 0 unspecified atom stereocenters. The molecular formula is C25H15F7N6O3. The molecule has 0 aliphatic carbocycles. The monoisotopic (exact) mass is 580 g/mol. The quantitative estimate of drug-likeness (QED) is 0.279. The van der Waals surface area contributed by atoms with Crippen LogP contribution >= 0.6 is 0 Å². The van der Waals surface area contributed by atoms with Crippen LogP contribution in [0.2, 0.25) is 0 Å². The Bertz CT molecular complexity index is 1710. The second-order valence-electron chi connectivity index (χ2n) is 8.17. The van der Waals surface area contributed by atoms with Crippen LogP contribution in [0.15, 0.2) is 65.7 Å². The van der Waals surface area contributed by atoms with E-state index in [1.807, 2.05) is 0 Å². The zero-order valence-corrected chi connectivity index (χ0v) is 20.5. The zero-order valence-electron chi connectivity index (χ0n) is 20.5. The average Bonchev–Trinajstić information content (AvgIpc) is 3.27. The molecule has 0 saturated carbocycles. The number of carbonyl (C=O) groups excluding carboxylic acids is 1. The van der Waals surface area contributed by atoms with Gasteiger partial charge in [-0.15, -0.1) is 10.2 Å². The molecule has 1 amide bonds. The minimum atomic E-state index is -5.46. The van der Waals surface area contributed by atoms with E-state index in [0.717, 1.165) is 43.7 Å². The van der Waals surface area contributed by atoms with E-state index in [2.05, 4.69) is 22.2 Å². The summed E-state index contributed by atoms with van der Waals surface area (Å²) < 4.78 is 102. The fraction of sp³-hybridized carbons (Fsp3) is 0.120. The Balaban J connectivity index is 1.86. The van der Waals surface area contributed by atoms with Crippen LogP contribution in [-0.4, -0.2) is 32.5 Å². The van der Waals surface area contributed by atoms with Crippen molar-refractivity contribution in [2.45, 2.75) is 12.4 Å². The van der Waals surface area contributed by atoms with Gasteiger partial charge in [0, 0.05) is 31.2 Å². The van der Waals surface area contributed by atoms with Gasteiger partial charge in [0.05, 0.1) is 11.3 Å². The molecule has 212 valence electrons. The molecule has 0 aliphatic heterocycles. The summed E-state index contributed by atoms with van der Waals surface area (Å²) in [6.45, 7) is 0. The van der Waals surface area contributed by atoms with Gasteiger partial charge in [0.2, 0.25) is 0 Å². The van der Waals surface area contributed by atoms with Crippen molar-refractivity contribution in [1.82, 2.24) is 19.3 Å². The number of imidazole rings is 1. The number of amides is 1. The van der Waals surface area contributed by atoms with Crippen LogP contribution in [0.4, 0.5) is 47.0 Å². The van der Waals surface area contributed by atoms with Crippen molar-refractivity contribution >= 4 is 17.6 Å². The van der Waals surface area contributed by atoms with Crippen LogP contribution in [0, 0.1) is 17.8 Å². The van der Waals surface area contributed by atoms with E-state index in [9.17, 15) is 40.3 Å². The molecule has 4 rings (SSSR count). The molecule has 0 fully saturated rings. The largest absolute Gasteiger partial charge is 0.420 e. The normalized spacial score (nSPS) is 11.5. The van der Waals surface area contributed by atoms with Crippen molar-refractivity contribution < 1.29 is 40.3 Å². The maximum atomic E-state index is 14.0. The van der Waals surface area contributed by atoms with Crippen molar-refractivity contribution in [3.05, 3.63) is 94.0 Å². The van der Waals surface area contributed by atoms with Crippen LogP contribution < -0.4 is 21.1 Å². The highest BCUT2D eigenvalue weighted by molar-refractivity contribution is 5.89. The standard InChI is InChI=1S/C25H15F7N6O3/c1-36(17-5-2-15(26)3-6-17)23(40)41-21-18(25(30,31)32)12-14(24(27,28)29)13-19(21)38-11-10-37(22(38)39)9-8-16-4-7-20(33)35-34-16/h2-7,10-13H,1H3,(H2,33,35). The zero-order chi connectivity index (χ0) is 30.1. The third-order valence-corrected chi connectivity index (χ3v) is 5.41. The van der Waals surface area contributed by atoms with E-state index in [4.69, 9.17) is 10.5 Å². The first kappa shape index (κ1) is 28.7. The fourth-order valence-electron chi connectivity index (χ4n) is 3.37. The number of benzene rings is 2. The summed E-state index contributed by atoms with van der Waals surface area (Å²) in [6, 6.07) is 9.18. The number of nitrogens with two attached hydrogens (primary N) is 1. The molecular weight excluding hydrogens is 565 g/mol. The molecule has 4 aromatic rings. The molecule has 41 heavy (non-hydrogen) atoms. The van der Waals surface area contributed by atoms with Gasteiger partial charge in [-0.25, -0.2) is 18.5 Å². The van der Waals surface area contributed by atoms with Gasteiger partial charge >= 0.3 is 24.1 Å². The number of aromatic nitrogens is 4. The molecule has 2 aromatic carbocycles. The molecule has 2 aromatic heterocycles. The summed E-state index contributed by atoms with van der Waals surface area (Å²) in [5.74, 6) is 0.462. The molecule has 16 heteroatoms. The smallest absolute Gasteiger partial charge is 0.407 e. The van der Waals surface area contributed by atoms with E-state index in [-0.39, 0.29) is 29.3 Å². The number of hydrogen-bond acceptors (Lipinski definition) is 6. The lowest BCUT2D eigenvalue weighted by atomic mass is 10.1. The Kier molecular flexibility index (Phi) is 7.47. The van der Waals surface area contributed by atoms with Crippen molar-refractivity contribution in [1.29, 1.82) is 0 Å². The predicted molar refractivity (Wildman–Crippen MR) is 130 cm³/mol. The highest BCUT2D eigenvalue weighted by Gasteiger charge is 2.42. The first-order valence-electron chi connectivity index (χ1n) is 11.1. The molecule has 0 aliphatic rings. The van der Waals surface area contributed by atoms with E-state index in [1.165, 1.54) is 12.1 Å². The Morgan fingerprint density at radius 1 is 0.976 bits per heavy atom. The van der Waals surface area contributed by atoms with Gasteiger partial charge in [-0.3, -0.25) is 9.47 Å². The SMILES string of the molecule is CN(C(=O)Oc1c(-n2ccn(C#Cc3ccc(N)nn3)c2=O)cc(C(F)(F)F)cc1C(F)(F)F)c1ccc(F)cc1. The van der Waals surface area contributed by atoms with E-state index in [1.54, 1.807) is 0 Å². The fourth-order valence-corrected chi connectivity index (χ4v) is 3.37. The predicted octanol–water partition coefficient (Wildman–Crippen LogP) is 4.68. The number of anilines is 2. The highest BCUT2D eigenvalue weighted by Crippen LogP contribution is 2.44. The number of nitrogen functional groups attached to an aromatic ring is 1. The van der Waals surface area contributed by atoms with Crippen LogP contribution in [0.5, 0.6) is 5.75 Å². The first-order valence-corrected chi connectivity index (χ1v) is 11.1. The molecule has 9 nitrogen and oxygen atoms in total. The van der Waals surface area contributed by atoms with Gasteiger partial charge in [0.1, 0.15) is 22.9 Å². The number of carbonyl (C=O) groups is 1. The van der Waals surface area contributed by atoms with E-state index in [0.29, 0.717) is 14.0 Å². The number of rotatable bonds is 3. The minimum Gasteiger partial charge on any atom is -0.407 e. The first-order chi connectivity index (χ1) is 19.1. The van der Waals surface area contributed by atoms with Gasteiger partial charge in [-0.1, -0.05) is 0 Å². The van der Waals surface area contributed by atoms with Crippen LogP contribution in [0.25, 0.3) is 5.69 Å². The van der Waals surface area contributed by atoms with Gasteiger partial charge in [-0.2, -0.15) is 26.3 Å². The van der Waals surface area contributed by atoms with Gasteiger partial charge in [-0.05, 0) is 54.5 Å². The Hall–Kier alpha value is -5.33. The summed E-state index contributed by atoms with van der Waals surface area (Å²) in [6.07, 6.45) is -10.4. The maximum Gasteiger partial charge on any atom is 0.420 e. The summed E-state index contributed by atoms with van der Waals surface area (Å²) in [5, 5.41) is 7.21. The van der Waals surface area contributed by atoms with Gasteiger partial charge in [0.25, 0.3) is 0 Å². The summed E-state index contributed by atoms with van der Waals surface area (Å²) in [7, 11) is 1.07. The molecule has 0 bridgehead atoms. The highest BCUT2D eigenvalue weighted by atomic mass is 19.4. The molecule has 2 heterocycles. The summed E-state index contributed by atoms with van der Waals surface area (Å²) >= 11 is 0. The minimum absolute atomic E-state index is 0.0113. The van der Waals surface area contributed by atoms with Gasteiger partial charge < -0.3 is 10.5 Å². The number of ether oxygens (including phenoxy) is 1. The maximum absolute atomic E-state index is 14.0. The lowest BCUT2D eigenvalue weighted by molar-refractivity contribution is -0.143. The Morgan fingerprint density at radius 2 is 1.66 bits per heavy atom. The molecule has 0 atom stereocenters. The number of alkyl halides is 6. The van der Waals surface area contributed by atoms with Crippen molar-refractivity contribution in [2.75, 3.05) is 17.7 Å². The summed E-state index contributed by atoms with van der Waals surface area (Å²) in [5.41, 5.74) is -0.533. The van der Waals surface area contributed by atoms with E-state index >= 15 is 0 Å². The molecule has 2 N–H and O–H groups in total. The lowest BCUT2D eigenvalue weighted by Gasteiger charge is -2.22. The summed E-state index contributed by atoms with van der Waals surface area (Å²) in [4.78, 5) is 26.5. The van der Waals surface area contributed by atoms with E-state index < -0.39 is 52.5 Å². The number of hydrogen-bond donors (Lipinski definition) is 1. The molecule has 0 spiro atoms. The average molecular weight is 580 g/mol. The van der Waals surface area contributed by atoms with Crippen LogP contribution in [-0.2, 0) is 12.4 Å². The molecule has 0 saturated heterocycles. The van der Waals surface area contributed by atoms with Gasteiger partial charge in [0.15, 0.2) is 5.75 Å². The van der Waals surface area contributed by atoms with Crippen molar-refractivity contribution in [3.63, 3.8) is 0 Å². The van der Waals surface area contributed by atoms with Crippen LogP contribution in [0.1, 0.15) is 16.8 Å². The Morgan fingerprint density at radius 3 is 2.24 bits per heavy atom. The third-order valence-electron chi connectivity index (χ3n) is 5.41. The number of halogens is 7. The third kappa shape index (κ3) is 6.30. The molecule has 0 radical (unpaired) electrons. The number of nitrogens with zero attached hydrogens (tertiary/aromatic N) is 5. The Labute approximate surface area is 225 Å².